The van der Waals surface area contributed by atoms with Crippen LogP contribution in [0.3, 0.4) is 0 Å². The highest BCUT2D eigenvalue weighted by molar-refractivity contribution is 7.99. The second kappa shape index (κ2) is 8.24. The minimum atomic E-state index is 0.617. The molecule has 0 saturated heterocycles. The van der Waals surface area contributed by atoms with Crippen LogP contribution in [0, 0.1) is 6.92 Å². The summed E-state index contributed by atoms with van der Waals surface area (Å²) < 4.78 is 10.3. The minimum Gasteiger partial charge on any atom is -0.493 e. The molecular formula is C24H22N4OS. The summed E-state index contributed by atoms with van der Waals surface area (Å²) in [6, 6.07) is 27.0. The number of thioether (sulfide) groups is 1. The molecule has 30 heavy (non-hydrogen) atoms. The highest BCUT2D eigenvalue weighted by Crippen LogP contribution is 2.26. The average molecular weight is 415 g/mol. The number of imidazole rings is 1. The van der Waals surface area contributed by atoms with Gasteiger partial charge in [0, 0.05) is 5.75 Å². The van der Waals surface area contributed by atoms with Crippen molar-refractivity contribution < 1.29 is 4.74 Å². The maximum Gasteiger partial charge on any atom is 0.237 e. The van der Waals surface area contributed by atoms with E-state index in [4.69, 9.17) is 4.74 Å². The Morgan fingerprint density at radius 1 is 0.867 bits per heavy atom. The second-order valence-corrected chi connectivity index (χ2v) is 8.25. The Hall–Kier alpha value is -3.25. The van der Waals surface area contributed by atoms with Crippen molar-refractivity contribution in [2.24, 2.45) is 0 Å². The Morgan fingerprint density at radius 2 is 1.67 bits per heavy atom. The van der Waals surface area contributed by atoms with Crippen LogP contribution in [0.4, 0.5) is 0 Å². The molecule has 0 aliphatic heterocycles. The monoisotopic (exact) mass is 414 g/mol. The molecule has 0 fully saturated rings. The van der Waals surface area contributed by atoms with Gasteiger partial charge in [-0.15, -0.1) is 10.2 Å². The van der Waals surface area contributed by atoms with Crippen molar-refractivity contribution in [3.05, 3.63) is 90.0 Å². The van der Waals surface area contributed by atoms with Crippen LogP contribution in [0.2, 0.25) is 0 Å². The predicted octanol–water partition coefficient (Wildman–Crippen LogP) is 5.21. The molecule has 0 saturated carbocycles. The highest BCUT2D eigenvalue weighted by atomic mass is 32.2. The number of aromatic nitrogens is 4. The molecule has 0 unspecified atom stereocenters. The Morgan fingerprint density at radius 3 is 2.50 bits per heavy atom. The molecule has 150 valence electrons. The summed E-state index contributed by atoms with van der Waals surface area (Å²) in [6.07, 6.45) is 0. The van der Waals surface area contributed by atoms with Crippen molar-refractivity contribution in [3.8, 4) is 5.75 Å². The minimum absolute atomic E-state index is 0.617. The van der Waals surface area contributed by atoms with Crippen molar-refractivity contribution in [3.63, 3.8) is 0 Å². The summed E-state index contributed by atoms with van der Waals surface area (Å²) in [7, 11) is 0. The van der Waals surface area contributed by atoms with E-state index >= 15 is 0 Å². The number of hydrogen-bond acceptors (Lipinski definition) is 4. The van der Waals surface area contributed by atoms with Gasteiger partial charge < -0.3 is 9.30 Å². The molecule has 2 heterocycles. The van der Waals surface area contributed by atoms with Crippen LogP contribution in [0.25, 0.3) is 16.8 Å². The van der Waals surface area contributed by atoms with E-state index in [-0.39, 0.29) is 0 Å². The maximum atomic E-state index is 5.89. The van der Waals surface area contributed by atoms with E-state index in [0.29, 0.717) is 6.61 Å². The SMILES string of the molecule is Cc1cccc(OCCSc2nnc3n(Cc4ccccc4)c4ccccc4n23)c1. The zero-order valence-corrected chi connectivity index (χ0v) is 17.5. The second-order valence-electron chi connectivity index (χ2n) is 7.19. The van der Waals surface area contributed by atoms with Crippen molar-refractivity contribution in [1.82, 2.24) is 19.2 Å². The lowest BCUT2D eigenvalue weighted by atomic mass is 10.2. The van der Waals surface area contributed by atoms with Crippen molar-refractivity contribution in [1.29, 1.82) is 0 Å². The molecule has 2 aromatic heterocycles. The van der Waals surface area contributed by atoms with Crippen LogP contribution in [-0.2, 0) is 6.54 Å². The summed E-state index contributed by atoms with van der Waals surface area (Å²) in [4.78, 5) is 0. The lowest BCUT2D eigenvalue weighted by Crippen LogP contribution is -2.01. The van der Waals surface area contributed by atoms with Crippen LogP contribution < -0.4 is 4.74 Å². The molecule has 5 aromatic rings. The van der Waals surface area contributed by atoms with Crippen LogP contribution in [0.15, 0.2) is 84.0 Å². The Kier molecular flexibility index (Phi) is 5.15. The lowest BCUT2D eigenvalue weighted by Gasteiger charge is -2.06. The zero-order valence-electron chi connectivity index (χ0n) is 16.7. The van der Waals surface area contributed by atoms with E-state index < -0.39 is 0 Å². The molecule has 6 heteroatoms. The van der Waals surface area contributed by atoms with Gasteiger partial charge in [0.1, 0.15) is 5.75 Å². The molecule has 0 spiro atoms. The van der Waals surface area contributed by atoms with Gasteiger partial charge in [0.15, 0.2) is 5.16 Å². The number of fused-ring (bicyclic) bond motifs is 3. The molecule has 3 aromatic carbocycles. The van der Waals surface area contributed by atoms with E-state index in [2.05, 4.69) is 86.8 Å². The summed E-state index contributed by atoms with van der Waals surface area (Å²) >= 11 is 1.67. The summed E-state index contributed by atoms with van der Waals surface area (Å²) in [5.41, 5.74) is 4.72. The van der Waals surface area contributed by atoms with Crippen LogP contribution in [0.5, 0.6) is 5.75 Å². The third kappa shape index (κ3) is 3.66. The fourth-order valence-electron chi connectivity index (χ4n) is 3.65. The Labute approximate surface area is 179 Å². The first-order valence-corrected chi connectivity index (χ1v) is 11.0. The number of aryl methyl sites for hydroxylation is 1. The van der Waals surface area contributed by atoms with Gasteiger partial charge in [-0.3, -0.25) is 4.40 Å². The van der Waals surface area contributed by atoms with Crippen molar-refractivity contribution in [2.45, 2.75) is 18.6 Å². The molecular weight excluding hydrogens is 392 g/mol. The number of hydrogen-bond donors (Lipinski definition) is 0. The number of para-hydroxylation sites is 2. The maximum absolute atomic E-state index is 5.89. The van der Waals surface area contributed by atoms with Gasteiger partial charge in [-0.1, -0.05) is 66.4 Å². The number of rotatable bonds is 7. The van der Waals surface area contributed by atoms with Gasteiger partial charge in [0.2, 0.25) is 5.78 Å². The third-order valence-electron chi connectivity index (χ3n) is 5.03. The van der Waals surface area contributed by atoms with Gasteiger partial charge in [-0.05, 0) is 42.3 Å². The van der Waals surface area contributed by atoms with E-state index in [1.807, 2.05) is 18.2 Å². The van der Waals surface area contributed by atoms with E-state index in [1.54, 1.807) is 11.8 Å². The van der Waals surface area contributed by atoms with Crippen LogP contribution in [0.1, 0.15) is 11.1 Å². The Bertz CT molecular complexity index is 1290. The van der Waals surface area contributed by atoms with Crippen LogP contribution >= 0.6 is 11.8 Å². The van der Waals surface area contributed by atoms with E-state index in [9.17, 15) is 0 Å². The molecule has 0 aliphatic carbocycles. The molecule has 0 bridgehead atoms. The number of ether oxygens (including phenoxy) is 1. The fourth-order valence-corrected chi connectivity index (χ4v) is 4.41. The molecule has 0 atom stereocenters. The van der Waals surface area contributed by atoms with Crippen LogP contribution in [-0.4, -0.2) is 31.5 Å². The largest absolute Gasteiger partial charge is 0.493 e. The highest BCUT2D eigenvalue weighted by Gasteiger charge is 2.17. The van der Waals surface area contributed by atoms with Crippen molar-refractivity contribution >= 4 is 28.6 Å². The molecule has 5 rings (SSSR count). The summed E-state index contributed by atoms with van der Waals surface area (Å²) in [6.45, 7) is 3.45. The summed E-state index contributed by atoms with van der Waals surface area (Å²) in [5.74, 6) is 2.57. The molecule has 0 aliphatic rings. The zero-order chi connectivity index (χ0) is 20.3. The first-order valence-electron chi connectivity index (χ1n) is 9.98. The first-order chi connectivity index (χ1) is 14.8. The first kappa shape index (κ1) is 18.8. The summed E-state index contributed by atoms with van der Waals surface area (Å²) in [5, 5.41) is 9.87. The smallest absolute Gasteiger partial charge is 0.237 e. The molecule has 5 nitrogen and oxygen atoms in total. The number of benzene rings is 3. The van der Waals surface area contributed by atoms with E-state index in [0.717, 1.165) is 40.0 Å². The normalized spacial score (nSPS) is 11.4. The quantitative estimate of drug-likeness (QED) is 0.271. The molecule has 0 N–H and O–H groups in total. The van der Waals surface area contributed by atoms with Crippen molar-refractivity contribution in [2.75, 3.05) is 12.4 Å². The van der Waals surface area contributed by atoms with Gasteiger partial charge in [-0.25, -0.2) is 0 Å². The van der Waals surface area contributed by atoms with Gasteiger partial charge in [0.25, 0.3) is 0 Å². The topological polar surface area (TPSA) is 44.4 Å². The molecule has 0 amide bonds. The fraction of sp³-hybridized carbons (Fsp3) is 0.167. The van der Waals surface area contributed by atoms with Gasteiger partial charge in [-0.2, -0.15) is 0 Å². The Balaban J connectivity index is 1.39. The lowest BCUT2D eigenvalue weighted by molar-refractivity contribution is 0.343. The average Bonchev–Trinajstić information content (AvgIpc) is 3.32. The number of nitrogens with zero attached hydrogens (tertiary/aromatic N) is 4. The molecule has 0 radical (unpaired) electrons. The van der Waals surface area contributed by atoms with Gasteiger partial charge in [0.05, 0.1) is 24.2 Å². The standard InChI is InChI=1S/C24H22N4OS/c1-18-8-7-11-20(16-18)29-14-15-30-24-26-25-23-27(17-19-9-3-2-4-10-19)21-12-5-6-13-22(21)28(23)24/h2-13,16H,14-15,17H2,1H3. The van der Waals surface area contributed by atoms with Gasteiger partial charge >= 0.3 is 0 Å². The predicted molar refractivity (Wildman–Crippen MR) is 121 cm³/mol. The third-order valence-corrected chi connectivity index (χ3v) is 5.92. The van der Waals surface area contributed by atoms with E-state index in [1.165, 1.54) is 11.1 Å².